The highest BCUT2D eigenvalue weighted by Crippen LogP contribution is 2.32. The van der Waals surface area contributed by atoms with Gasteiger partial charge in [0.25, 0.3) is 0 Å². The second-order valence-corrected chi connectivity index (χ2v) is 5.26. The number of ether oxygens (including phenoxy) is 1. The molecule has 1 rings (SSSR count). The van der Waals surface area contributed by atoms with Crippen molar-refractivity contribution in [3.63, 3.8) is 0 Å². The Morgan fingerprint density at radius 1 is 1.28 bits per heavy atom. The number of benzene rings is 1. The van der Waals surface area contributed by atoms with Crippen molar-refractivity contribution in [1.82, 2.24) is 4.90 Å². The molecular weight excluding hydrogens is 271 g/mol. The van der Waals surface area contributed by atoms with Crippen LogP contribution in [-0.2, 0) is 6.42 Å². The fourth-order valence-electron chi connectivity index (χ4n) is 1.67. The highest BCUT2D eigenvalue weighted by molar-refractivity contribution is 6.35. The quantitative estimate of drug-likeness (QED) is 0.785. The van der Waals surface area contributed by atoms with E-state index in [0.29, 0.717) is 35.4 Å². The van der Waals surface area contributed by atoms with Gasteiger partial charge in [0.1, 0.15) is 5.75 Å². The maximum absolute atomic E-state index is 6.15. The van der Waals surface area contributed by atoms with Gasteiger partial charge >= 0.3 is 0 Å². The van der Waals surface area contributed by atoms with Gasteiger partial charge in [-0.3, -0.25) is 0 Å². The van der Waals surface area contributed by atoms with Crippen molar-refractivity contribution in [1.29, 1.82) is 0 Å². The predicted octanol–water partition coefficient (Wildman–Crippen LogP) is 2.83. The van der Waals surface area contributed by atoms with Crippen molar-refractivity contribution in [2.45, 2.75) is 12.8 Å². The van der Waals surface area contributed by atoms with Gasteiger partial charge in [0.2, 0.25) is 0 Å². The third-order valence-electron chi connectivity index (χ3n) is 2.50. The molecule has 0 radical (unpaired) electrons. The Bertz CT molecular complexity index is 383. The van der Waals surface area contributed by atoms with Crippen LogP contribution >= 0.6 is 23.2 Å². The van der Waals surface area contributed by atoms with Crippen molar-refractivity contribution in [2.24, 2.45) is 5.73 Å². The van der Waals surface area contributed by atoms with Crippen LogP contribution in [0.5, 0.6) is 5.75 Å². The summed E-state index contributed by atoms with van der Waals surface area (Å²) in [6.07, 6.45) is 1.66. The standard InChI is InChI=1S/C13H20Cl2N2O/c1-17(2)6-3-7-18-13-10(4-5-16)8-11(14)9-12(13)15/h8-9H,3-7,16H2,1-2H3. The average Bonchev–Trinajstić information content (AvgIpc) is 2.26. The first kappa shape index (κ1) is 15.6. The molecule has 18 heavy (non-hydrogen) atoms. The summed E-state index contributed by atoms with van der Waals surface area (Å²) in [5, 5.41) is 1.17. The van der Waals surface area contributed by atoms with E-state index in [1.54, 1.807) is 6.07 Å². The van der Waals surface area contributed by atoms with E-state index in [0.717, 1.165) is 18.5 Å². The van der Waals surface area contributed by atoms with Gasteiger partial charge < -0.3 is 15.4 Å². The molecule has 0 amide bonds. The summed E-state index contributed by atoms with van der Waals surface area (Å²) < 4.78 is 5.75. The summed E-state index contributed by atoms with van der Waals surface area (Å²) in [6, 6.07) is 3.56. The molecule has 0 aromatic heterocycles. The van der Waals surface area contributed by atoms with Gasteiger partial charge in [-0.05, 0) is 51.2 Å². The monoisotopic (exact) mass is 290 g/mol. The molecule has 0 atom stereocenters. The van der Waals surface area contributed by atoms with Crippen molar-refractivity contribution >= 4 is 23.2 Å². The lowest BCUT2D eigenvalue weighted by Gasteiger charge is -2.14. The lowest BCUT2D eigenvalue weighted by atomic mass is 10.1. The molecule has 1 aromatic carbocycles. The van der Waals surface area contributed by atoms with Crippen molar-refractivity contribution < 1.29 is 4.74 Å². The minimum Gasteiger partial charge on any atom is -0.492 e. The third-order valence-corrected chi connectivity index (χ3v) is 2.99. The molecule has 0 saturated heterocycles. The van der Waals surface area contributed by atoms with Crippen molar-refractivity contribution in [3.8, 4) is 5.75 Å². The van der Waals surface area contributed by atoms with Crippen LogP contribution in [-0.4, -0.2) is 38.7 Å². The molecule has 102 valence electrons. The average molecular weight is 291 g/mol. The van der Waals surface area contributed by atoms with E-state index in [2.05, 4.69) is 4.90 Å². The molecule has 0 fully saturated rings. The first-order valence-corrected chi connectivity index (χ1v) is 6.75. The fourth-order valence-corrected chi connectivity index (χ4v) is 2.26. The number of rotatable bonds is 7. The molecule has 1 aromatic rings. The minimum atomic E-state index is 0.546. The van der Waals surface area contributed by atoms with Gasteiger partial charge in [-0.25, -0.2) is 0 Å². The third kappa shape index (κ3) is 5.02. The highest BCUT2D eigenvalue weighted by atomic mass is 35.5. The zero-order chi connectivity index (χ0) is 13.5. The van der Waals surface area contributed by atoms with Crippen LogP contribution in [0.25, 0.3) is 0 Å². The van der Waals surface area contributed by atoms with Crippen molar-refractivity contribution in [2.75, 3.05) is 33.8 Å². The second kappa shape index (κ2) is 7.85. The van der Waals surface area contributed by atoms with E-state index in [-0.39, 0.29) is 0 Å². The molecule has 0 aliphatic rings. The summed E-state index contributed by atoms with van der Waals surface area (Å²) in [6.45, 7) is 2.17. The topological polar surface area (TPSA) is 38.5 Å². The largest absolute Gasteiger partial charge is 0.492 e. The van der Waals surface area contributed by atoms with Crippen LogP contribution in [0.2, 0.25) is 10.0 Å². The van der Waals surface area contributed by atoms with Crippen LogP contribution in [0.4, 0.5) is 0 Å². The second-order valence-electron chi connectivity index (χ2n) is 4.42. The molecule has 2 N–H and O–H groups in total. The van der Waals surface area contributed by atoms with Gasteiger partial charge in [0.15, 0.2) is 0 Å². The fraction of sp³-hybridized carbons (Fsp3) is 0.538. The number of hydrogen-bond acceptors (Lipinski definition) is 3. The zero-order valence-electron chi connectivity index (χ0n) is 10.9. The predicted molar refractivity (Wildman–Crippen MR) is 77.9 cm³/mol. The number of hydrogen-bond donors (Lipinski definition) is 1. The maximum atomic E-state index is 6.15. The number of nitrogens with zero attached hydrogens (tertiary/aromatic N) is 1. The summed E-state index contributed by atoms with van der Waals surface area (Å²) in [7, 11) is 4.07. The molecule has 0 bridgehead atoms. The van der Waals surface area contributed by atoms with E-state index < -0.39 is 0 Å². The SMILES string of the molecule is CN(C)CCCOc1c(Cl)cc(Cl)cc1CCN. The van der Waals surface area contributed by atoms with E-state index in [1.165, 1.54) is 0 Å². The molecule has 0 saturated carbocycles. The van der Waals surface area contributed by atoms with Gasteiger partial charge in [0, 0.05) is 11.6 Å². The lowest BCUT2D eigenvalue weighted by Crippen LogP contribution is -2.16. The minimum absolute atomic E-state index is 0.546. The van der Waals surface area contributed by atoms with Crippen LogP contribution in [0, 0.1) is 0 Å². The van der Waals surface area contributed by atoms with Crippen molar-refractivity contribution in [3.05, 3.63) is 27.7 Å². The van der Waals surface area contributed by atoms with E-state index >= 15 is 0 Å². The van der Waals surface area contributed by atoms with Crippen LogP contribution in [0.15, 0.2) is 12.1 Å². The van der Waals surface area contributed by atoms with Gasteiger partial charge in [-0.15, -0.1) is 0 Å². The Morgan fingerprint density at radius 3 is 2.61 bits per heavy atom. The number of nitrogens with two attached hydrogens (primary N) is 1. The molecule has 3 nitrogen and oxygen atoms in total. The Morgan fingerprint density at radius 2 is 2.00 bits per heavy atom. The Labute approximate surface area is 119 Å². The van der Waals surface area contributed by atoms with E-state index in [1.807, 2.05) is 20.2 Å². The first-order valence-electron chi connectivity index (χ1n) is 6.00. The van der Waals surface area contributed by atoms with Crippen LogP contribution < -0.4 is 10.5 Å². The number of halogens is 2. The molecule has 0 spiro atoms. The highest BCUT2D eigenvalue weighted by Gasteiger charge is 2.10. The summed E-state index contributed by atoms with van der Waals surface area (Å²) in [4.78, 5) is 2.12. The van der Waals surface area contributed by atoms with Gasteiger partial charge in [0.05, 0.1) is 11.6 Å². The summed E-state index contributed by atoms with van der Waals surface area (Å²) in [5.74, 6) is 0.713. The Kier molecular flexibility index (Phi) is 6.79. The van der Waals surface area contributed by atoms with Gasteiger partial charge in [-0.2, -0.15) is 0 Å². The molecule has 0 aliphatic carbocycles. The summed E-state index contributed by atoms with van der Waals surface area (Å²) in [5.41, 5.74) is 6.55. The first-order chi connectivity index (χ1) is 8.54. The molecular formula is C13H20Cl2N2O. The Balaban J connectivity index is 2.67. The van der Waals surface area contributed by atoms with E-state index in [4.69, 9.17) is 33.7 Å². The lowest BCUT2D eigenvalue weighted by molar-refractivity contribution is 0.279. The molecule has 5 heteroatoms. The Hall–Kier alpha value is -0.480. The molecule has 0 aliphatic heterocycles. The van der Waals surface area contributed by atoms with E-state index in [9.17, 15) is 0 Å². The van der Waals surface area contributed by atoms with Gasteiger partial charge in [-0.1, -0.05) is 23.2 Å². The molecule has 0 unspecified atom stereocenters. The molecule has 0 heterocycles. The van der Waals surface area contributed by atoms with Crippen LogP contribution in [0.1, 0.15) is 12.0 Å². The normalized spacial score (nSPS) is 11.0. The maximum Gasteiger partial charge on any atom is 0.141 e. The smallest absolute Gasteiger partial charge is 0.141 e. The van der Waals surface area contributed by atoms with Crippen LogP contribution in [0.3, 0.4) is 0 Å². The zero-order valence-corrected chi connectivity index (χ0v) is 12.4. The summed E-state index contributed by atoms with van der Waals surface area (Å²) >= 11 is 12.1.